The highest BCUT2D eigenvalue weighted by molar-refractivity contribution is 6.02. The van der Waals surface area contributed by atoms with Crippen LogP contribution in [-0.4, -0.2) is 106 Å². The fourth-order valence-corrected chi connectivity index (χ4v) is 6.08. The first kappa shape index (κ1) is 43.6. The second-order valence-electron chi connectivity index (χ2n) is 13.1. The van der Waals surface area contributed by atoms with E-state index in [1.54, 1.807) is 13.0 Å². The van der Waals surface area contributed by atoms with Crippen LogP contribution in [0.3, 0.4) is 0 Å². The number of aryl methyl sites for hydroxylation is 1. The number of carbonyl (C=O) groups is 5. The summed E-state index contributed by atoms with van der Waals surface area (Å²) in [6.45, 7) is -2.25. The number of fused-ring (bicyclic) bond motifs is 2. The molecule has 60 heavy (non-hydrogen) atoms. The van der Waals surface area contributed by atoms with Gasteiger partial charge in [0.25, 0.3) is 0 Å². The van der Waals surface area contributed by atoms with E-state index in [1.807, 2.05) is 0 Å². The zero-order valence-corrected chi connectivity index (χ0v) is 31.5. The number of nitrogens with zero attached hydrogens (tertiary/aromatic N) is 2. The zero-order chi connectivity index (χ0) is 44.0. The van der Waals surface area contributed by atoms with Gasteiger partial charge in [0.2, 0.25) is 24.7 Å². The Hall–Kier alpha value is -7.52. The van der Waals surface area contributed by atoms with Gasteiger partial charge in [0.15, 0.2) is 17.4 Å². The van der Waals surface area contributed by atoms with Gasteiger partial charge in [-0.25, -0.2) is 18.6 Å². The van der Waals surface area contributed by atoms with Crippen molar-refractivity contribution in [3.8, 4) is 39.7 Å². The van der Waals surface area contributed by atoms with Gasteiger partial charge < -0.3 is 55.3 Å². The van der Waals surface area contributed by atoms with E-state index in [1.165, 1.54) is 30.3 Å². The smallest absolute Gasteiger partial charge is 0.317 e. The number of halogens is 2. The van der Waals surface area contributed by atoms with Gasteiger partial charge >= 0.3 is 29.8 Å². The van der Waals surface area contributed by atoms with Crippen molar-refractivity contribution in [2.24, 2.45) is 0 Å². The Morgan fingerprint density at radius 2 is 1.25 bits per heavy atom. The van der Waals surface area contributed by atoms with E-state index in [4.69, 9.17) is 34.8 Å². The van der Waals surface area contributed by atoms with E-state index < -0.39 is 98.1 Å². The van der Waals surface area contributed by atoms with E-state index >= 15 is 4.39 Å². The van der Waals surface area contributed by atoms with Crippen LogP contribution in [0.2, 0.25) is 0 Å². The summed E-state index contributed by atoms with van der Waals surface area (Å²) in [4.78, 5) is 73.7. The summed E-state index contributed by atoms with van der Waals surface area (Å²) in [6, 6.07) is 12.0. The summed E-state index contributed by atoms with van der Waals surface area (Å²) in [5.74, 6) is -10.4. The molecule has 8 N–H and O–H groups in total. The molecule has 5 rings (SSSR count). The topological polar surface area (TPSA) is 292 Å². The summed E-state index contributed by atoms with van der Waals surface area (Å²) in [5, 5.41) is 39.4. The Balaban J connectivity index is 1.76. The molecule has 0 saturated heterocycles. The number of carboxylic acid groups (broad SMARTS) is 4. The summed E-state index contributed by atoms with van der Waals surface area (Å²) >= 11 is 0. The van der Waals surface area contributed by atoms with Gasteiger partial charge in [-0.15, -0.1) is 0 Å². The molecule has 3 aromatic rings. The molecule has 0 spiro atoms. The van der Waals surface area contributed by atoms with Crippen molar-refractivity contribution in [1.29, 1.82) is 0 Å². The second kappa shape index (κ2) is 18.4. The Morgan fingerprint density at radius 1 is 0.717 bits per heavy atom. The highest BCUT2D eigenvalue weighted by atomic mass is 19.1. The number of anilines is 2. The molecule has 21 heteroatoms. The molecule has 1 aliphatic heterocycles. The quantitative estimate of drug-likeness (QED) is 0.0301. The fraction of sp³-hybridized carbons (Fsp3) is 0.231. The molecule has 0 saturated carbocycles. The highest BCUT2D eigenvalue weighted by Gasteiger charge is 2.40. The molecule has 2 aliphatic rings. The summed E-state index contributed by atoms with van der Waals surface area (Å²) in [5.41, 5.74) is 11.7. The average Bonchev–Trinajstić information content (AvgIpc) is 3.14. The number of aliphatic carboxylic acids is 4. The molecule has 19 nitrogen and oxygen atoms in total. The van der Waals surface area contributed by atoms with Crippen molar-refractivity contribution >= 4 is 52.2 Å². The highest BCUT2D eigenvalue weighted by Crippen LogP contribution is 2.44. The first-order valence-electron chi connectivity index (χ1n) is 17.4. The van der Waals surface area contributed by atoms with Gasteiger partial charge in [-0.3, -0.25) is 28.8 Å². The number of hydrogen-bond acceptors (Lipinski definition) is 15. The molecule has 0 fully saturated rings. The molecule has 2 atom stereocenters. The number of benzene rings is 4. The fourth-order valence-electron chi connectivity index (χ4n) is 6.08. The lowest BCUT2D eigenvalue weighted by Gasteiger charge is -2.40. The average molecular weight is 839 g/mol. The second-order valence-corrected chi connectivity index (χ2v) is 13.1. The van der Waals surface area contributed by atoms with Crippen LogP contribution in [-0.2, 0) is 28.7 Å². The summed E-state index contributed by atoms with van der Waals surface area (Å²) in [7, 11) is 0. The van der Waals surface area contributed by atoms with E-state index in [2.05, 4.69) is 0 Å². The van der Waals surface area contributed by atoms with Crippen LogP contribution < -0.4 is 31.1 Å². The molecule has 316 valence electrons. The largest absolute Gasteiger partial charge is 0.480 e. The van der Waals surface area contributed by atoms with E-state index in [0.29, 0.717) is 10.5 Å². The van der Waals surface area contributed by atoms with Gasteiger partial charge in [-0.05, 0) is 54.4 Å². The predicted molar refractivity (Wildman–Crippen MR) is 204 cm³/mol. The SMILES string of the molecule is CC(=O)OCOc1cc2oc3cc(=O)c(F)cc-3c(-c3ccc(N)c(OC(C(Oc4cc(C)ccc4N)N(CC(=O)O)CC(=O)O)N(CC(=O)O)CC(=O)O)c3)c2cc1F. The number of hydrogen-bond donors (Lipinski definition) is 6. The first-order chi connectivity index (χ1) is 28.3. The lowest BCUT2D eigenvalue weighted by Crippen LogP contribution is -2.60. The van der Waals surface area contributed by atoms with E-state index in [-0.39, 0.29) is 56.3 Å². The number of nitrogen functional groups attached to an aromatic ring is 2. The van der Waals surface area contributed by atoms with Gasteiger partial charge in [-0.2, -0.15) is 0 Å². The van der Waals surface area contributed by atoms with Crippen molar-refractivity contribution in [2.45, 2.75) is 26.3 Å². The van der Waals surface area contributed by atoms with Crippen LogP contribution in [0.15, 0.2) is 69.9 Å². The Labute approximate surface area is 336 Å². The van der Waals surface area contributed by atoms with Crippen molar-refractivity contribution in [1.82, 2.24) is 9.80 Å². The van der Waals surface area contributed by atoms with E-state index in [9.17, 15) is 53.6 Å². The molecule has 0 amide bonds. The minimum Gasteiger partial charge on any atom is -0.480 e. The third-order valence-corrected chi connectivity index (χ3v) is 8.59. The number of carbonyl (C=O) groups excluding carboxylic acids is 1. The van der Waals surface area contributed by atoms with Gasteiger partial charge in [0.1, 0.15) is 49.0 Å². The molecular formula is C39H36F2N4O15. The number of ether oxygens (including phenoxy) is 4. The standard InChI is InChI=1S/C39H36F2N4O15/c1-18-3-5-25(42)31(7-18)59-38(44(13-33(48)49)14-34(50)51)39(45(15-35(52)53)16-36(54)55)60-32-8-20(4-6-26(32)43)37-21-9-23(40)27(47)11-28(21)58-29-12-30(24(41)10-22(29)37)57-17-56-19(2)46/h3-12,38-39H,13-17,42-43H2,1-2H3,(H,48,49)(H,50,51)(H,52,53)(H,54,55). The van der Waals surface area contributed by atoms with Crippen LogP contribution in [0.5, 0.6) is 17.2 Å². The molecule has 0 bridgehead atoms. The number of esters is 1. The molecule has 1 heterocycles. The maximum Gasteiger partial charge on any atom is 0.317 e. The molecule has 2 unspecified atom stereocenters. The Morgan fingerprint density at radius 3 is 1.78 bits per heavy atom. The van der Waals surface area contributed by atoms with Gasteiger partial charge in [-0.1, -0.05) is 12.1 Å². The molecule has 1 aliphatic carbocycles. The normalized spacial score (nSPS) is 12.3. The van der Waals surface area contributed by atoms with Gasteiger partial charge in [0, 0.05) is 35.6 Å². The lowest BCUT2D eigenvalue weighted by atomic mass is 9.93. The minimum atomic E-state index is -2.03. The van der Waals surface area contributed by atoms with Crippen LogP contribution in [0, 0.1) is 18.6 Å². The van der Waals surface area contributed by atoms with Crippen LogP contribution in [0.4, 0.5) is 20.2 Å². The third kappa shape index (κ3) is 10.5. The van der Waals surface area contributed by atoms with Crippen molar-refractivity contribution in [2.75, 3.05) is 44.4 Å². The zero-order valence-electron chi connectivity index (χ0n) is 31.5. The maximum absolute atomic E-state index is 15.6. The Bertz CT molecular complexity index is 2480. The lowest BCUT2D eigenvalue weighted by molar-refractivity contribution is -0.167. The molecule has 0 radical (unpaired) electrons. The van der Waals surface area contributed by atoms with E-state index in [0.717, 1.165) is 36.1 Å². The van der Waals surface area contributed by atoms with Crippen molar-refractivity contribution in [3.05, 3.63) is 88.1 Å². The first-order valence-corrected chi connectivity index (χ1v) is 17.4. The Kier molecular flexibility index (Phi) is 13.4. The number of carboxylic acids is 4. The van der Waals surface area contributed by atoms with Gasteiger partial charge in [0.05, 0.1) is 11.4 Å². The van der Waals surface area contributed by atoms with Crippen LogP contribution in [0.25, 0.3) is 33.4 Å². The summed E-state index contributed by atoms with van der Waals surface area (Å²) < 4.78 is 58.8. The van der Waals surface area contributed by atoms with Crippen molar-refractivity contribution in [3.63, 3.8) is 0 Å². The minimum absolute atomic E-state index is 0.0172. The monoisotopic (exact) mass is 838 g/mol. The van der Waals surface area contributed by atoms with Crippen LogP contribution >= 0.6 is 0 Å². The van der Waals surface area contributed by atoms with Crippen LogP contribution in [0.1, 0.15) is 12.5 Å². The maximum atomic E-state index is 15.6. The van der Waals surface area contributed by atoms with Crippen molar-refractivity contribution < 1.29 is 76.5 Å². The molecule has 0 aromatic heterocycles. The molecule has 3 aromatic carbocycles. The number of nitrogens with two attached hydrogens (primary N) is 2. The third-order valence-electron chi connectivity index (χ3n) is 8.59. The number of rotatable bonds is 19. The predicted octanol–water partition coefficient (Wildman–Crippen LogP) is 3.27. The summed E-state index contributed by atoms with van der Waals surface area (Å²) in [6.07, 6.45) is -3.99. The molecular weight excluding hydrogens is 802 g/mol.